The van der Waals surface area contributed by atoms with E-state index in [0.717, 1.165) is 12.1 Å². The van der Waals surface area contributed by atoms with Crippen molar-refractivity contribution in [3.63, 3.8) is 0 Å². The first kappa shape index (κ1) is 10.8. The van der Waals surface area contributed by atoms with E-state index in [4.69, 9.17) is 0 Å². The van der Waals surface area contributed by atoms with Crippen LogP contribution in [0.2, 0.25) is 0 Å². The van der Waals surface area contributed by atoms with Gasteiger partial charge in [0.2, 0.25) is 0 Å². The molecule has 3 heterocycles. The maximum atomic E-state index is 12.3. The minimum Gasteiger partial charge on any atom is -0.331 e. The average Bonchev–Trinajstić information content (AvgIpc) is 2.43. The summed E-state index contributed by atoms with van der Waals surface area (Å²) in [6, 6.07) is 5.38. The van der Waals surface area contributed by atoms with E-state index in [1.165, 1.54) is 0 Å². The third-order valence-corrected chi connectivity index (χ3v) is 2.98. The van der Waals surface area contributed by atoms with E-state index in [1.54, 1.807) is 35.6 Å². The molecule has 2 aromatic rings. The lowest BCUT2D eigenvalue weighted by Gasteiger charge is -2.27. The molecule has 5 nitrogen and oxygen atoms in total. The van der Waals surface area contributed by atoms with Crippen LogP contribution in [0.1, 0.15) is 21.9 Å². The normalized spacial score (nSPS) is 14.4. The number of carbonyl (C=O) groups is 1. The smallest absolute Gasteiger partial charge is 0.256 e. The molecule has 18 heavy (non-hydrogen) atoms. The largest absolute Gasteiger partial charge is 0.331 e. The molecule has 1 amide bonds. The van der Waals surface area contributed by atoms with E-state index in [1.807, 2.05) is 6.07 Å². The van der Waals surface area contributed by atoms with Crippen molar-refractivity contribution >= 4 is 5.91 Å². The fourth-order valence-electron chi connectivity index (χ4n) is 2.08. The van der Waals surface area contributed by atoms with Crippen LogP contribution >= 0.6 is 0 Å². The first-order chi connectivity index (χ1) is 8.84. The van der Waals surface area contributed by atoms with Crippen LogP contribution in [0.5, 0.6) is 0 Å². The molecule has 0 saturated heterocycles. The molecule has 0 fully saturated rings. The zero-order valence-electron chi connectivity index (χ0n) is 9.78. The number of pyridine rings is 1. The Bertz CT molecular complexity index is 570. The van der Waals surface area contributed by atoms with Crippen LogP contribution in [0.3, 0.4) is 0 Å². The predicted octanol–water partition coefficient (Wildman–Crippen LogP) is 1.07. The van der Waals surface area contributed by atoms with Crippen LogP contribution in [0.4, 0.5) is 0 Å². The average molecular weight is 240 g/mol. The van der Waals surface area contributed by atoms with Crippen molar-refractivity contribution in [2.24, 2.45) is 0 Å². The summed E-state index contributed by atoms with van der Waals surface area (Å²) < 4.78 is 0. The van der Waals surface area contributed by atoms with Crippen molar-refractivity contribution in [3.05, 3.63) is 53.9 Å². The second-order valence-electron chi connectivity index (χ2n) is 4.14. The number of aromatic nitrogens is 3. The summed E-state index contributed by atoms with van der Waals surface area (Å²) in [4.78, 5) is 26.5. The molecule has 0 unspecified atom stereocenters. The fraction of sp³-hybridized carbons (Fsp3) is 0.231. The van der Waals surface area contributed by atoms with Gasteiger partial charge in [-0.3, -0.25) is 9.78 Å². The van der Waals surface area contributed by atoms with E-state index in [0.29, 0.717) is 24.5 Å². The molecule has 0 spiro atoms. The van der Waals surface area contributed by atoms with Gasteiger partial charge in [0.05, 0.1) is 17.8 Å². The number of carbonyl (C=O) groups excluding carboxylic acids is 1. The van der Waals surface area contributed by atoms with Gasteiger partial charge in [-0.2, -0.15) is 0 Å². The molecule has 0 bridgehead atoms. The molecular weight excluding hydrogens is 228 g/mol. The molecule has 0 saturated carbocycles. The minimum absolute atomic E-state index is 0.0109. The summed E-state index contributed by atoms with van der Waals surface area (Å²) in [6.07, 6.45) is 5.88. The molecule has 1 aliphatic heterocycles. The lowest BCUT2D eigenvalue weighted by atomic mass is 10.1. The highest BCUT2D eigenvalue weighted by atomic mass is 16.2. The SMILES string of the molecule is O=C1c2cccnc2CCN1Cc1ncccn1. The standard InChI is InChI=1S/C13H12N4O/c18-13-10-3-1-5-14-11(10)4-8-17(13)9-12-15-6-2-7-16-12/h1-3,5-7H,4,8-9H2. The number of rotatable bonds is 2. The van der Waals surface area contributed by atoms with Crippen molar-refractivity contribution < 1.29 is 4.79 Å². The van der Waals surface area contributed by atoms with Gasteiger partial charge in [-0.15, -0.1) is 0 Å². The third kappa shape index (κ3) is 1.95. The quantitative estimate of drug-likeness (QED) is 0.787. The Morgan fingerprint density at radius 2 is 1.89 bits per heavy atom. The molecule has 0 N–H and O–H groups in total. The molecule has 5 heteroatoms. The van der Waals surface area contributed by atoms with Gasteiger partial charge in [0.25, 0.3) is 5.91 Å². The Kier molecular flexibility index (Phi) is 2.72. The maximum absolute atomic E-state index is 12.3. The van der Waals surface area contributed by atoms with Crippen molar-refractivity contribution in [1.82, 2.24) is 19.9 Å². The molecular formula is C13H12N4O. The lowest BCUT2D eigenvalue weighted by Crippen LogP contribution is -2.37. The minimum atomic E-state index is 0.0109. The first-order valence-electron chi connectivity index (χ1n) is 5.83. The van der Waals surface area contributed by atoms with Gasteiger partial charge in [-0.1, -0.05) is 0 Å². The van der Waals surface area contributed by atoms with Gasteiger partial charge < -0.3 is 4.90 Å². The Morgan fingerprint density at radius 1 is 1.11 bits per heavy atom. The second kappa shape index (κ2) is 4.52. The van der Waals surface area contributed by atoms with E-state index in [-0.39, 0.29) is 5.91 Å². The first-order valence-corrected chi connectivity index (χ1v) is 5.83. The number of nitrogens with zero attached hydrogens (tertiary/aromatic N) is 4. The van der Waals surface area contributed by atoms with Gasteiger partial charge in [-0.25, -0.2) is 9.97 Å². The van der Waals surface area contributed by atoms with Gasteiger partial charge in [0.1, 0.15) is 5.82 Å². The molecule has 90 valence electrons. The van der Waals surface area contributed by atoms with Crippen LogP contribution < -0.4 is 0 Å². The summed E-state index contributed by atoms with van der Waals surface area (Å²) in [5, 5.41) is 0. The van der Waals surface area contributed by atoms with E-state index in [2.05, 4.69) is 15.0 Å². The van der Waals surface area contributed by atoms with Crippen LogP contribution in [0.15, 0.2) is 36.8 Å². The summed E-state index contributed by atoms with van der Waals surface area (Å²) in [7, 11) is 0. The third-order valence-electron chi connectivity index (χ3n) is 2.98. The van der Waals surface area contributed by atoms with E-state index < -0.39 is 0 Å². The molecule has 2 aromatic heterocycles. The number of fused-ring (bicyclic) bond motifs is 1. The number of hydrogen-bond donors (Lipinski definition) is 0. The summed E-state index contributed by atoms with van der Waals surface area (Å²) >= 11 is 0. The molecule has 0 aliphatic carbocycles. The van der Waals surface area contributed by atoms with Gasteiger partial charge in [-0.05, 0) is 18.2 Å². The zero-order chi connectivity index (χ0) is 12.4. The highest BCUT2D eigenvalue weighted by Gasteiger charge is 2.25. The molecule has 0 radical (unpaired) electrons. The molecule has 0 atom stereocenters. The van der Waals surface area contributed by atoms with E-state index in [9.17, 15) is 4.79 Å². The van der Waals surface area contributed by atoms with Gasteiger partial charge in [0.15, 0.2) is 0 Å². The lowest BCUT2D eigenvalue weighted by molar-refractivity contribution is 0.0720. The summed E-state index contributed by atoms with van der Waals surface area (Å²) in [5.41, 5.74) is 1.58. The second-order valence-corrected chi connectivity index (χ2v) is 4.14. The number of hydrogen-bond acceptors (Lipinski definition) is 4. The van der Waals surface area contributed by atoms with Crippen molar-refractivity contribution in [1.29, 1.82) is 0 Å². The predicted molar refractivity (Wildman–Crippen MR) is 64.7 cm³/mol. The Hall–Kier alpha value is -2.30. The zero-order valence-corrected chi connectivity index (χ0v) is 9.78. The van der Waals surface area contributed by atoms with Gasteiger partial charge in [0, 0.05) is 31.6 Å². The van der Waals surface area contributed by atoms with Crippen LogP contribution in [-0.4, -0.2) is 32.3 Å². The van der Waals surface area contributed by atoms with Crippen LogP contribution in [-0.2, 0) is 13.0 Å². The number of amides is 1. The molecule has 3 rings (SSSR count). The molecule has 1 aliphatic rings. The van der Waals surface area contributed by atoms with Crippen LogP contribution in [0, 0.1) is 0 Å². The highest BCUT2D eigenvalue weighted by molar-refractivity contribution is 5.96. The Labute approximate surface area is 105 Å². The summed E-state index contributed by atoms with van der Waals surface area (Å²) in [5.74, 6) is 0.676. The highest BCUT2D eigenvalue weighted by Crippen LogP contribution is 2.17. The van der Waals surface area contributed by atoms with Crippen molar-refractivity contribution in [2.75, 3.05) is 6.54 Å². The van der Waals surface area contributed by atoms with E-state index >= 15 is 0 Å². The fourth-order valence-corrected chi connectivity index (χ4v) is 2.08. The van der Waals surface area contributed by atoms with Crippen molar-refractivity contribution in [3.8, 4) is 0 Å². The molecule has 0 aromatic carbocycles. The van der Waals surface area contributed by atoms with Crippen molar-refractivity contribution in [2.45, 2.75) is 13.0 Å². The maximum Gasteiger partial charge on any atom is 0.256 e. The Morgan fingerprint density at radius 3 is 2.72 bits per heavy atom. The summed E-state index contributed by atoms with van der Waals surface area (Å²) in [6.45, 7) is 1.12. The van der Waals surface area contributed by atoms with Crippen LogP contribution in [0.25, 0.3) is 0 Å². The monoisotopic (exact) mass is 240 g/mol. The topological polar surface area (TPSA) is 59.0 Å². The van der Waals surface area contributed by atoms with Gasteiger partial charge >= 0.3 is 0 Å². The Balaban J connectivity index is 1.83.